The van der Waals surface area contributed by atoms with Crippen molar-refractivity contribution in [2.75, 3.05) is 40.9 Å². The third-order valence-corrected chi connectivity index (χ3v) is 11.0. The predicted octanol–water partition coefficient (Wildman–Crippen LogP) is 12.1. The molecule has 0 aliphatic rings. The molecule has 0 aliphatic heterocycles. The van der Waals surface area contributed by atoms with Crippen LogP contribution in [0.15, 0.2) is 36.5 Å². The minimum absolute atomic E-state index is 0.00789. The maximum Gasteiger partial charge on any atom is 0.268 e. The van der Waals surface area contributed by atoms with Gasteiger partial charge in [0.2, 0.25) is 5.91 Å². The summed E-state index contributed by atoms with van der Waals surface area (Å²) in [5.74, 6) is -0.217. The molecule has 0 aromatic carbocycles. The summed E-state index contributed by atoms with van der Waals surface area (Å²) < 4.78 is 23.2. The summed E-state index contributed by atoms with van der Waals surface area (Å²) in [6, 6.07) is -0.905. The van der Waals surface area contributed by atoms with E-state index in [1.165, 1.54) is 122 Å². The Balaban J connectivity index is 4.46. The van der Waals surface area contributed by atoms with E-state index in [0.29, 0.717) is 17.4 Å². The molecule has 0 aliphatic carbocycles. The predicted molar refractivity (Wildman–Crippen MR) is 233 cm³/mol. The maximum absolute atomic E-state index is 12.8. The van der Waals surface area contributed by atoms with Crippen molar-refractivity contribution in [3.05, 3.63) is 36.5 Å². The van der Waals surface area contributed by atoms with Crippen molar-refractivity contribution in [3.8, 4) is 0 Å². The second-order valence-corrected chi connectivity index (χ2v) is 18.2. The number of phosphoric acid groups is 1. The van der Waals surface area contributed by atoms with Crippen molar-refractivity contribution < 1.29 is 32.9 Å². The van der Waals surface area contributed by atoms with Gasteiger partial charge < -0.3 is 28.8 Å². The highest BCUT2D eigenvalue weighted by molar-refractivity contribution is 7.45. The quantitative estimate of drug-likeness (QED) is 0.0276. The molecule has 3 atom stereocenters. The van der Waals surface area contributed by atoms with Crippen LogP contribution >= 0.6 is 7.82 Å². The van der Waals surface area contributed by atoms with Crippen molar-refractivity contribution in [2.45, 2.75) is 212 Å². The Morgan fingerprint density at radius 2 is 1.02 bits per heavy atom. The van der Waals surface area contributed by atoms with Crippen molar-refractivity contribution >= 4 is 13.7 Å². The minimum Gasteiger partial charge on any atom is -0.756 e. The highest BCUT2D eigenvalue weighted by Gasteiger charge is 2.23. The molecule has 0 spiro atoms. The number of phosphoric ester groups is 1. The number of likely N-dealkylation sites (N-methyl/N-ethyl adjacent to an activating group) is 1. The van der Waals surface area contributed by atoms with Crippen LogP contribution in [0.4, 0.5) is 0 Å². The number of nitrogens with one attached hydrogen (secondary N) is 1. The standard InChI is InChI=1S/C46H89N2O6P/c1-6-8-10-12-14-16-18-20-22-23-24-25-26-27-29-31-33-35-37-39-45(49)44(43-54-55(51,52)53-42-41-48(3,4)5)47-46(50)40-38-36-34-32-30-28-21-19-17-15-13-11-9-7-2/h19,21,29,31,37,39,44-45,49H,6-18,20,22-28,30,32-36,38,40-43H2,1-5H3,(H-,47,50,51,52)/b21-19-,31-29+,39-37+. The van der Waals surface area contributed by atoms with Gasteiger partial charge in [-0.2, -0.15) is 0 Å². The number of carbonyl (C=O) groups is 1. The molecule has 3 unspecified atom stereocenters. The molecule has 324 valence electrons. The molecule has 0 rings (SSSR count). The summed E-state index contributed by atoms with van der Waals surface area (Å²) in [4.78, 5) is 25.3. The van der Waals surface area contributed by atoms with Crippen LogP contribution in [0.1, 0.15) is 200 Å². The molecule has 8 nitrogen and oxygen atoms in total. The number of hydrogen-bond donors (Lipinski definition) is 2. The van der Waals surface area contributed by atoms with E-state index in [1.54, 1.807) is 6.08 Å². The molecule has 2 N–H and O–H groups in total. The van der Waals surface area contributed by atoms with Gasteiger partial charge in [0.15, 0.2) is 0 Å². The largest absolute Gasteiger partial charge is 0.756 e. The summed E-state index contributed by atoms with van der Waals surface area (Å²) >= 11 is 0. The van der Waals surface area contributed by atoms with Gasteiger partial charge in [0, 0.05) is 6.42 Å². The van der Waals surface area contributed by atoms with Gasteiger partial charge in [-0.15, -0.1) is 0 Å². The molecule has 0 saturated heterocycles. The SMILES string of the molecule is CCCCCCC/C=C\CCCCCCCC(=O)NC(COP(=O)([O-])OCC[N+](C)(C)C)C(O)/C=C/CC/C=C/CCCCCCCCCCCCCCC. The lowest BCUT2D eigenvalue weighted by molar-refractivity contribution is -0.870. The van der Waals surface area contributed by atoms with Crippen LogP contribution in [-0.4, -0.2) is 68.5 Å². The Morgan fingerprint density at radius 1 is 0.618 bits per heavy atom. The van der Waals surface area contributed by atoms with Crippen LogP contribution in [0.25, 0.3) is 0 Å². The maximum atomic E-state index is 12.8. The highest BCUT2D eigenvalue weighted by atomic mass is 31.2. The minimum atomic E-state index is -4.60. The van der Waals surface area contributed by atoms with Gasteiger partial charge >= 0.3 is 0 Å². The fourth-order valence-electron chi connectivity index (χ4n) is 6.40. The first kappa shape index (κ1) is 53.7. The van der Waals surface area contributed by atoms with E-state index in [0.717, 1.165) is 57.8 Å². The van der Waals surface area contributed by atoms with Crippen molar-refractivity contribution in [1.29, 1.82) is 0 Å². The van der Waals surface area contributed by atoms with E-state index in [4.69, 9.17) is 9.05 Å². The first-order chi connectivity index (χ1) is 26.5. The Bertz CT molecular complexity index is 995. The van der Waals surface area contributed by atoms with E-state index in [2.05, 4.69) is 43.5 Å². The summed E-state index contributed by atoms with van der Waals surface area (Å²) in [5.41, 5.74) is 0. The Kier molecular flexibility index (Phi) is 37.4. The zero-order chi connectivity index (χ0) is 40.7. The molecule has 55 heavy (non-hydrogen) atoms. The van der Waals surface area contributed by atoms with Gasteiger partial charge in [-0.1, -0.05) is 172 Å². The zero-order valence-electron chi connectivity index (χ0n) is 36.6. The molecule has 0 aromatic heterocycles. The number of aliphatic hydroxyl groups is 1. The van der Waals surface area contributed by atoms with E-state index < -0.39 is 26.6 Å². The average Bonchev–Trinajstić information content (AvgIpc) is 3.13. The van der Waals surface area contributed by atoms with Crippen LogP contribution in [0.3, 0.4) is 0 Å². The zero-order valence-corrected chi connectivity index (χ0v) is 37.5. The topological polar surface area (TPSA) is 108 Å². The van der Waals surface area contributed by atoms with Gasteiger partial charge in [-0.3, -0.25) is 9.36 Å². The number of aliphatic hydroxyl groups excluding tert-OH is 1. The fraction of sp³-hybridized carbons (Fsp3) is 0.848. The lowest BCUT2D eigenvalue weighted by atomic mass is 10.0. The third-order valence-electron chi connectivity index (χ3n) is 10.1. The smallest absolute Gasteiger partial charge is 0.268 e. The van der Waals surface area contributed by atoms with Crippen molar-refractivity contribution in [3.63, 3.8) is 0 Å². The molecule has 1 amide bonds. The van der Waals surface area contributed by atoms with Gasteiger partial charge in [0.25, 0.3) is 7.82 Å². The monoisotopic (exact) mass is 797 g/mol. The molecular weight excluding hydrogens is 707 g/mol. The fourth-order valence-corrected chi connectivity index (χ4v) is 7.12. The number of rotatable bonds is 41. The van der Waals surface area contributed by atoms with Crippen LogP contribution in [0, 0.1) is 0 Å². The Hall–Kier alpha value is -1.28. The molecule has 0 aromatic rings. The molecule has 0 fully saturated rings. The normalized spacial score (nSPS) is 14.7. The number of hydrogen-bond acceptors (Lipinski definition) is 6. The van der Waals surface area contributed by atoms with Crippen molar-refractivity contribution in [1.82, 2.24) is 5.32 Å². The molecule has 0 bridgehead atoms. The third kappa shape index (κ3) is 40.7. The first-order valence-corrected chi connectivity index (χ1v) is 24.3. The van der Waals surface area contributed by atoms with Gasteiger partial charge in [0.05, 0.1) is 39.9 Å². The number of amides is 1. The lowest BCUT2D eigenvalue weighted by Gasteiger charge is -2.29. The molecule has 0 radical (unpaired) electrons. The van der Waals surface area contributed by atoms with Crippen molar-refractivity contribution in [2.24, 2.45) is 0 Å². The van der Waals surface area contributed by atoms with Gasteiger partial charge in [-0.05, 0) is 57.8 Å². The highest BCUT2D eigenvalue weighted by Crippen LogP contribution is 2.38. The van der Waals surface area contributed by atoms with E-state index in [-0.39, 0.29) is 12.5 Å². The van der Waals surface area contributed by atoms with Gasteiger partial charge in [-0.25, -0.2) is 0 Å². The molecular formula is C46H89N2O6P. The van der Waals surface area contributed by atoms with E-state index >= 15 is 0 Å². The Labute approximate surface area is 340 Å². The van der Waals surface area contributed by atoms with Gasteiger partial charge in [0.1, 0.15) is 13.2 Å². The number of quaternary nitrogens is 1. The van der Waals surface area contributed by atoms with Crippen LogP contribution in [0.5, 0.6) is 0 Å². The summed E-state index contributed by atoms with van der Waals surface area (Å²) in [6.07, 6.45) is 46.2. The first-order valence-electron chi connectivity index (χ1n) is 22.9. The lowest BCUT2D eigenvalue weighted by Crippen LogP contribution is -2.45. The number of unbranched alkanes of at least 4 members (excludes halogenated alkanes) is 24. The summed E-state index contributed by atoms with van der Waals surface area (Å²) in [7, 11) is 1.24. The Morgan fingerprint density at radius 3 is 1.47 bits per heavy atom. The van der Waals surface area contributed by atoms with Crippen LogP contribution in [0.2, 0.25) is 0 Å². The second kappa shape index (κ2) is 38.2. The summed E-state index contributed by atoms with van der Waals surface area (Å²) in [6.45, 7) is 4.61. The number of nitrogens with zero attached hydrogens (tertiary/aromatic N) is 1. The number of allylic oxidation sites excluding steroid dienone is 5. The second-order valence-electron chi connectivity index (χ2n) is 16.7. The van der Waals surface area contributed by atoms with E-state index in [1.807, 2.05) is 27.2 Å². The van der Waals surface area contributed by atoms with E-state index in [9.17, 15) is 19.4 Å². The molecule has 9 heteroatoms. The van der Waals surface area contributed by atoms with Crippen LogP contribution < -0.4 is 10.2 Å². The number of carbonyl (C=O) groups excluding carboxylic acids is 1. The molecule has 0 saturated carbocycles. The average molecular weight is 797 g/mol. The summed E-state index contributed by atoms with van der Waals surface area (Å²) in [5, 5.41) is 13.8. The molecule has 0 heterocycles. The van der Waals surface area contributed by atoms with Crippen LogP contribution in [-0.2, 0) is 18.4 Å².